The quantitative estimate of drug-likeness (QED) is 0.186. The van der Waals surface area contributed by atoms with Crippen LogP contribution >= 0.6 is 0 Å². The number of aliphatic hydroxyl groups is 1. The molecule has 6 atom stereocenters. The number of carboxylic acids is 1. The predicted octanol–water partition coefficient (Wildman–Crippen LogP) is -0.114. The Balaban J connectivity index is 2.92. The van der Waals surface area contributed by atoms with Crippen molar-refractivity contribution in [3.63, 3.8) is 0 Å². The zero-order valence-corrected chi connectivity index (χ0v) is 20.7. The highest BCUT2D eigenvalue weighted by atomic mass is 16.4. The molecule has 8 N–H and O–H groups in total. The first-order valence-corrected chi connectivity index (χ1v) is 11.7. The SMILES string of the molecule is CCC(C)C(N)C(=O)NC(C(=O)NC(CO)C(=O)NC(Cc1ccc(O)cc1)C(=O)O)C(C)CC. The van der Waals surface area contributed by atoms with E-state index in [4.69, 9.17) is 5.73 Å². The van der Waals surface area contributed by atoms with Crippen molar-refractivity contribution in [3.8, 4) is 5.75 Å². The second-order valence-electron chi connectivity index (χ2n) is 8.80. The highest BCUT2D eigenvalue weighted by molar-refractivity contribution is 5.94. The smallest absolute Gasteiger partial charge is 0.326 e. The van der Waals surface area contributed by atoms with E-state index in [1.165, 1.54) is 24.3 Å². The van der Waals surface area contributed by atoms with Crippen molar-refractivity contribution in [1.29, 1.82) is 0 Å². The minimum absolute atomic E-state index is 0.0146. The van der Waals surface area contributed by atoms with Gasteiger partial charge in [-0.25, -0.2) is 4.79 Å². The van der Waals surface area contributed by atoms with Crippen LogP contribution in [-0.4, -0.2) is 69.8 Å². The molecule has 0 heterocycles. The van der Waals surface area contributed by atoms with Crippen molar-refractivity contribution in [3.05, 3.63) is 29.8 Å². The molecule has 1 aromatic carbocycles. The Hall–Kier alpha value is -3.18. The summed E-state index contributed by atoms with van der Waals surface area (Å²) in [4.78, 5) is 49.9. The maximum Gasteiger partial charge on any atom is 0.326 e. The van der Waals surface area contributed by atoms with Crippen LogP contribution in [0.3, 0.4) is 0 Å². The Morgan fingerprint density at radius 3 is 1.89 bits per heavy atom. The van der Waals surface area contributed by atoms with E-state index in [-0.39, 0.29) is 24.0 Å². The van der Waals surface area contributed by atoms with E-state index < -0.39 is 54.5 Å². The molecule has 6 unspecified atom stereocenters. The summed E-state index contributed by atoms with van der Waals surface area (Å²) in [6.07, 6.45) is 1.14. The second kappa shape index (κ2) is 14.3. The van der Waals surface area contributed by atoms with Crippen molar-refractivity contribution < 1.29 is 34.5 Å². The third-order valence-corrected chi connectivity index (χ3v) is 6.16. The minimum Gasteiger partial charge on any atom is -0.508 e. The Morgan fingerprint density at radius 1 is 0.857 bits per heavy atom. The number of phenols is 1. The minimum atomic E-state index is -1.43. The summed E-state index contributed by atoms with van der Waals surface area (Å²) >= 11 is 0. The number of nitrogens with one attached hydrogen (secondary N) is 3. The van der Waals surface area contributed by atoms with E-state index in [0.717, 1.165) is 0 Å². The maximum absolute atomic E-state index is 13.0. The maximum atomic E-state index is 13.0. The van der Waals surface area contributed by atoms with Crippen molar-refractivity contribution >= 4 is 23.7 Å². The van der Waals surface area contributed by atoms with Gasteiger partial charge in [0.2, 0.25) is 17.7 Å². The van der Waals surface area contributed by atoms with Gasteiger partial charge in [-0.15, -0.1) is 0 Å². The lowest BCUT2D eigenvalue weighted by Crippen LogP contribution is -2.60. The van der Waals surface area contributed by atoms with E-state index in [2.05, 4.69) is 16.0 Å². The van der Waals surface area contributed by atoms with Crippen LogP contribution in [0, 0.1) is 11.8 Å². The molecule has 196 valence electrons. The number of carbonyl (C=O) groups is 4. The first kappa shape index (κ1) is 29.9. The number of aliphatic hydroxyl groups excluding tert-OH is 1. The van der Waals surface area contributed by atoms with Crippen molar-refractivity contribution in [2.75, 3.05) is 6.61 Å². The second-order valence-corrected chi connectivity index (χ2v) is 8.80. The monoisotopic (exact) mass is 494 g/mol. The van der Waals surface area contributed by atoms with E-state index in [1.54, 1.807) is 6.92 Å². The highest BCUT2D eigenvalue weighted by Crippen LogP contribution is 2.13. The van der Waals surface area contributed by atoms with Gasteiger partial charge in [-0.2, -0.15) is 0 Å². The highest BCUT2D eigenvalue weighted by Gasteiger charge is 2.33. The van der Waals surface area contributed by atoms with Gasteiger partial charge in [-0.3, -0.25) is 14.4 Å². The van der Waals surface area contributed by atoms with Gasteiger partial charge in [0.05, 0.1) is 12.6 Å². The third-order valence-electron chi connectivity index (χ3n) is 6.16. The molecule has 0 aromatic heterocycles. The summed E-state index contributed by atoms with van der Waals surface area (Å²) in [5.41, 5.74) is 6.53. The molecule has 0 saturated carbocycles. The van der Waals surface area contributed by atoms with Crippen LogP contribution in [0.2, 0.25) is 0 Å². The molecule has 0 radical (unpaired) electrons. The lowest BCUT2D eigenvalue weighted by molar-refractivity contribution is -0.142. The van der Waals surface area contributed by atoms with E-state index >= 15 is 0 Å². The molecule has 0 spiro atoms. The molecular weight excluding hydrogens is 456 g/mol. The van der Waals surface area contributed by atoms with Crippen molar-refractivity contribution in [2.45, 2.75) is 71.1 Å². The summed E-state index contributed by atoms with van der Waals surface area (Å²) in [5, 5.41) is 36.0. The summed E-state index contributed by atoms with van der Waals surface area (Å²) < 4.78 is 0. The fourth-order valence-electron chi connectivity index (χ4n) is 3.26. The number of amides is 3. The van der Waals surface area contributed by atoms with Crippen LogP contribution in [0.5, 0.6) is 5.75 Å². The number of hydrogen-bond acceptors (Lipinski definition) is 7. The van der Waals surface area contributed by atoms with Gasteiger partial charge in [0.15, 0.2) is 0 Å². The predicted molar refractivity (Wildman–Crippen MR) is 129 cm³/mol. The number of nitrogens with two attached hydrogens (primary N) is 1. The van der Waals surface area contributed by atoms with Crippen LogP contribution < -0.4 is 21.7 Å². The molecule has 0 aliphatic carbocycles. The zero-order chi connectivity index (χ0) is 26.7. The number of aliphatic carboxylic acids is 1. The summed E-state index contributed by atoms with van der Waals surface area (Å²) in [6.45, 7) is 6.53. The number of hydrogen-bond donors (Lipinski definition) is 7. The first-order valence-electron chi connectivity index (χ1n) is 11.7. The topological polar surface area (TPSA) is 191 Å². The van der Waals surface area contributed by atoms with Crippen LogP contribution in [0.25, 0.3) is 0 Å². The van der Waals surface area contributed by atoms with Gasteiger partial charge >= 0.3 is 5.97 Å². The molecule has 0 bridgehead atoms. The fourth-order valence-corrected chi connectivity index (χ4v) is 3.26. The number of benzene rings is 1. The lowest BCUT2D eigenvalue weighted by Gasteiger charge is -2.28. The van der Waals surface area contributed by atoms with Gasteiger partial charge in [0.1, 0.15) is 23.9 Å². The Morgan fingerprint density at radius 2 is 1.40 bits per heavy atom. The number of carboxylic acid groups (broad SMARTS) is 1. The molecule has 0 saturated heterocycles. The fraction of sp³-hybridized carbons (Fsp3) is 0.583. The van der Waals surface area contributed by atoms with E-state index in [1.807, 2.05) is 20.8 Å². The van der Waals surface area contributed by atoms with Crippen LogP contribution in [0.15, 0.2) is 24.3 Å². The average Bonchev–Trinajstić information content (AvgIpc) is 2.84. The molecule has 1 rings (SSSR count). The van der Waals surface area contributed by atoms with Gasteiger partial charge in [0.25, 0.3) is 0 Å². The van der Waals surface area contributed by atoms with Crippen molar-refractivity contribution in [1.82, 2.24) is 16.0 Å². The van der Waals surface area contributed by atoms with Gasteiger partial charge in [0, 0.05) is 6.42 Å². The molecule has 0 aliphatic heterocycles. The molecular formula is C24H38N4O7. The Labute approximate surface area is 205 Å². The van der Waals surface area contributed by atoms with Gasteiger partial charge in [-0.1, -0.05) is 52.7 Å². The molecule has 11 heteroatoms. The lowest BCUT2D eigenvalue weighted by atomic mass is 9.95. The normalized spacial score (nSPS) is 16.2. The summed E-state index contributed by atoms with van der Waals surface area (Å²) in [6, 6.07) is 1.24. The first-order chi connectivity index (χ1) is 16.4. The van der Waals surface area contributed by atoms with Gasteiger partial charge < -0.3 is 37.0 Å². The molecule has 11 nitrogen and oxygen atoms in total. The summed E-state index contributed by atoms with van der Waals surface area (Å²) in [5.74, 6) is -3.77. The Bertz CT molecular complexity index is 862. The van der Waals surface area contributed by atoms with Crippen molar-refractivity contribution in [2.24, 2.45) is 17.6 Å². The third kappa shape index (κ3) is 9.18. The summed E-state index contributed by atoms with van der Waals surface area (Å²) in [7, 11) is 0. The number of carbonyl (C=O) groups excluding carboxylic acids is 3. The standard InChI is InChI=1S/C24H38N4O7/c1-5-13(3)19(25)22(32)28-20(14(4)6-2)23(33)27-18(12-29)21(31)26-17(24(34)35)11-15-7-9-16(30)10-8-15/h7-10,13-14,17-20,29-30H,5-6,11-12,25H2,1-4H3,(H,26,31)(H,27,33)(H,28,32)(H,34,35). The largest absolute Gasteiger partial charge is 0.508 e. The molecule has 1 aromatic rings. The molecule has 0 fully saturated rings. The molecule has 0 aliphatic rings. The van der Waals surface area contributed by atoms with E-state index in [0.29, 0.717) is 18.4 Å². The number of aromatic hydroxyl groups is 1. The Kier molecular flexibility index (Phi) is 12.2. The van der Waals surface area contributed by atoms with Gasteiger partial charge in [-0.05, 0) is 29.5 Å². The van der Waals surface area contributed by atoms with Crippen LogP contribution in [-0.2, 0) is 25.6 Å². The van der Waals surface area contributed by atoms with Crippen LogP contribution in [0.4, 0.5) is 0 Å². The zero-order valence-electron chi connectivity index (χ0n) is 20.7. The number of rotatable bonds is 14. The van der Waals surface area contributed by atoms with Crippen LogP contribution in [0.1, 0.15) is 46.1 Å². The van der Waals surface area contributed by atoms with E-state index in [9.17, 15) is 34.5 Å². The number of phenolic OH excluding ortho intramolecular Hbond substituents is 1. The molecule has 35 heavy (non-hydrogen) atoms. The molecule has 3 amide bonds. The average molecular weight is 495 g/mol.